The Balaban J connectivity index is 0.00000192. The van der Waals surface area contributed by atoms with E-state index in [1.165, 1.54) is 25.7 Å². The van der Waals surface area contributed by atoms with Crippen LogP contribution in [0.25, 0.3) is 0 Å². The number of anilines is 1. The van der Waals surface area contributed by atoms with E-state index in [-0.39, 0.29) is 24.0 Å². The molecule has 1 spiro atoms. The van der Waals surface area contributed by atoms with E-state index in [9.17, 15) is 0 Å². The van der Waals surface area contributed by atoms with Crippen LogP contribution in [-0.4, -0.2) is 50.1 Å². The standard InChI is InChI=1S/C17H27N5.HI/c1-18-16(22-11-10-17(13-22)8-5-9-17)19-12-14-6-4-7-15(20-14)21(2)3;/h4,6-7H,5,8-13H2,1-3H3,(H,18,19);1H. The van der Waals surface area contributed by atoms with Crippen LogP contribution in [0.3, 0.4) is 0 Å². The number of aromatic nitrogens is 1. The molecule has 0 amide bonds. The number of guanidine groups is 1. The molecule has 1 saturated heterocycles. The fourth-order valence-corrected chi connectivity index (χ4v) is 3.52. The Morgan fingerprint density at radius 3 is 2.70 bits per heavy atom. The van der Waals surface area contributed by atoms with Crippen molar-refractivity contribution in [2.45, 2.75) is 32.2 Å². The zero-order valence-corrected chi connectivity index (χ0v) is 16.7. The minimum Gasteiger partial charge on any atom is -0.363 e. The van der Waals surface area contributed by atoms with Gasteiger partial charge < -0.3 is 15.1 Å². The third kappa shape index (κ3) is 4.08. The Labute approximate surface area is 156 Å². The van der Waals surface area contributed by atoms with Crippen LogP contribution in [0.4, 0.5) is 5.82 Å². The zero-order chi connectivity index (χ0) is 15.6. The monoisotopic (exact) mass is 429 g/mol. The lowest BCUT2D eigenvalue weighted by molar-refractivity contribution is 0.151. The van der Waals surface area contributed by atoms with Gasteiger partial charge in [0.15, 0.2) is 5.96 Å². The van der Waals surface area contributed by atoms with Gasteiger partial charge in [0.2, 0.25) is 0 Å². The second-order valence-electron chi connectivity index (χ2n) is 6.81. The quantitative estimate of drug-likeness (QED) is 0.456. The average Bonchev–Trinajstić information content (AvgIpc) is 2.94. The maximum absolute atomic E-state index is 4.65. The van der Waals surface area contributed by atoms with Crippen LogP contribution in [0, 0.1) is 5.41 Å². The van der Waals surface area contributed by atoms with Gasteiger partial charge in [0.25, 0.3) is 0 Å². The van der Waals surface area contributed by atoms with Crippen molar-refractivity contribution in [2.24, 2.45) is 10.4 Å². The largest absolute Gasteiger partial charge is 0.363 e. The summed E-state index contributed by atoms with van der Waals surface area (Å²) in [6.07, 6.45) is 5.52. The van der Waals surface area contributed by atoms with Crippen LogP contribution in [0.1, 0.15) is 31.4 Å². The van der Waals surface area contributed by atoms with Gasteiger partial charge in [-0.15, -0.1) is 24.0 Å². The molecule has 2 aliphatic rings. The van der Waals surface area contributed by atoms with Gasteiger partial charge in [0.1, 0.15) is 5.82 Å². The first-order valence-electron chi connectivity index (χ1n) is 8.21. The van der Waals surface area contributed by atoms with E-state index in [4.69, 9.17) is 0 Å². The number of nitrogens with one attached hydrogen (secondary N) is 1. The van der Waals surface area contributed by atoms with Gasteiger partial charge in [-0.05, 0) is 36.8 Å². The highest BCUT2D eigenvalue weighted by Gasteiger charge is 2.43. The lowest BCUT2D eigenvalue weighted by Gasteiger charge is -2.38. The third-order valence-corrected chi connectivity index (χ3v) is 5.04. The minimum absolute atomic E-state index is 0. The van der Waals surface area contributed by atoms with Crippen molar-refractivity contribution in [1.29, 1.82) is 0 Å². The predicted molar refractivity (Wildman–Crippen MR) is 107 cm³/mol. The number of rotatable bonds is 3. The summed E-state index contributed by atoms with van der Waals surface area (Å²) in [6.45, 7) is 3.01. The minimum atomic E-state index is 0. The Kier molecular flexibility index (Phi) is 6.11. The predicted octanol–water partition coefficient (Wildman–Crippen LogP) is 2.72. The molecule has 1 aromatic heterocycles. The lowest BCUT2D eigenvalue weighted by Crippen LogP contribution is -2.42. The molecule has 0 unspecified atom stereocenters. The van der Waals surface area contributed by atoms with Crippen molar-refractivity contribution >= 4 is 35.8 Å². The Hall–Kier alpha value is -1.05. The number of pyridine rings is 1. The van der Waals surface area contributed by atoms with Crippen molar-refractivity contribution in [1.82, 2.24) is 15.2 Å². The van der Waals surface area contributed by atoms with Gasteiger partial charge in [0.05, 0.1) is 12.2 Å². The number of hydrogen-bond donors (Lipinski definition) is 1. The van der Waals surface area contributed by atoms with E-state index in [1.54, 1.807) is 0 Å². The molecule has 0 atom stereocenters. The molecule has 1 aromatic rings. The molecule has 1 N–H and O–H groups in total. The van der Waals surface area contributed by atoms with Gasteiger partial charge in [-0.2, -0.15) is 0 Å². The van der Waals surface area contributed by atoms with Crippen molar-refractivity contribution in [2.75, 3.05) is 39.1 Å². The van der Waals surface area contributed by atoms with Gasteiger partial charge >= 0.3 is 0 Å². The highest BCUT2D eigenvalue weighted by Crippen LogP contribution is 2.47. The smallest absolute Gasteiger partial charge is 0.193 e. The lowest BCUT2D eigenvalue weighted by atomic mass is 9.68. The SMILES string of the molecule is CN=C(NCc1cccc(N(C)C)n1)N1CCC2(CCC2)C1.I. The first-order chi connectivity index (χ1) is 10.6. The molecule has 2 fully saturated rings. The molecule has 1 aliphatic heterocycles. The molecule has 6 heteroatoms. The first-order valence-corrected chi connectivity index (χ1v) is 8.21. The number of hydrogen-bond acceptors (Lipinski definition) is 3. The van der Waals surface area contributed by atoms with Crippen molar-refractivity contribution < 1.29 is 0 Å². The highest BCUT2D eigenvalue weighted by atomic mass is 127. The zero-order valence-electron chi connectivity index (χ0n) is 14.4. The summed E-state index contributed by atoms with van der Waals surface area (Å²) in [6, 6.07) is 6.14. The van der Waals surface area contributed by atoms with Crippen molar-refractivity contribution in [3.63, 3.8) is 0 Å². The second-order valence-corrected chi connectivity index (χ2v) is 6.81. The average molecular weight is 429 g/mol. The van der Waals surface area contributed by atoms with E-state index in [0.717, 1.165) is 37.1 Å². The number of likely N-dealkylation sites (tertiary alicyclic amines) is 1. The summed E-state index contributed by atoms with van der Waals surface area (Å²) in [5, 5.41) is 3.47. The Morgan fingerprint density at radius 1 is 1.35 bits per heavy atom. The van der Waals surface area contributed by atoms with Crippen LogP contribution < -0.4 is 10.2 Å². The van der Waals surface area contributed by atoms with E-state index in [0.29, 0.717) is 5.41 Å². The molecule has 0 bridgehead atoms. The van der Waals surface area contributed by atoms with Crippen LogP contribution in [0.2, 0.25) is 0 Å². The van der Waals surface area contributed by atoms with Crippen LogP contribution in [0.5, 0.6) is 0 Å². The Morgan fingerprint density at radius 2 is 2.13 bits per heavy atom. The fraction of sp³-hybridized carbons (Fsp3) is 0.647. The molecule has 1 saturated carbocycles. The van der Waals surface area contributed by atoms with Gasteiger partial charge in [-0.3, -0.25) is 4.99 Å². The fourth-order valence-electron chi connectivity index (χ4n) is 3.52. The van der Waals surface area contributed by atoms with Gasteiger partial charge in [0, 0.05) is 34.2 Å². The molecular formula is C17H28IN5. The molecule has 3 rings (SSSR count). The normalized spacial score (nSPS) is 19.3. The van der Waals surface area contributed by atoms with Crippen molar-refractivity contribution in [3.05, 3.63) is 23.9 Å². The van der Waals surface area contributed by atoms with Gasteiger partial charge in [-0.25, -0.2) is 4.98 Å². The molecule has 0 aromatic carbocycles. The third-order valence-electron chi connectivity index (χ3n) is 5.04. The maximum atomic E-state index is 4.65. The molecular weight excluding hydrogens is 401 g/mol. The number of aliphatic imine (C=N–C) groups is 1. The summed E-state index contributed by atoms with van der Waals surface area (Å²) in [4.78, 5) is 13.5. The van der Waals surface area contributed by atoms with E-state index in [1.807, 2.05) is 32.1 Å². The summed E-state index contributed by atoms with van der Waals surface area (Å²) in [7, 11) is 5.90. The molecule has 1 aliphatic carbocycles. The van der Waals surface area contributed by atoms with Crippen LogP contribution in [0.15, 0.2) is 23.2 Å². The summed E-state index contributed by atoms with van der Waals surface area (Å²) < 4.78 is 0. The Bertz CT molecular complexity index is 554. The summed E-state index contributed by atoms with van der Waals surface area (Å²) in [5.74, 6) is 2.00. The molecule has 23 heavy (non-hydrogen) atoms. The van der Waals surface area contributed by atoms with E-state index < -0.39 is 0 Å². The topological polar surface area (TPSA) is 43.8 Å². The van der Waals surface area contributed by atoms with Crippen LogP contribution >= 0.6 is 24.0 Å². The molecule has 0 radical (unpaired) electrons. The highest BCUT2D eigenvalue weighted by molar-refractivity contribution is 14.0. The molecule has 128 valence electrons. The number of halogens is 1. The number of nitrogens with zero attached hydrogens (tertiary/aromatic N) is 4. The molecule has 5 nitrogen and oxygen atoms in total. The van der Waals surface area contributed by atoms with Crippen molar-refractivity contribution in [3.8, 4) is 0 Å². The first kappa shape index (κ1) is 18.3. The second kappa shape index (κ2) is 7.68. The summed E-state index contributed by atoms with van der Waals surface area (Å²) in [5.41, 5.74) is 1.64. The molecule has 2 heterocycles. The summed E-state index contributed by atoms with van der Waals surface area (Å²) >= 11 is 0. The maximum Gasteiger partial charge on any atom is 0.193 e. The van der Waals surface area contributed by atoms with E-state index in [2.05, 4.69) is 32.3 Å². The van der Waals surface area contributed by atoms with E-state index >= 15 is 0 Å². The van der Waals surface area contributed by atoms with Gasteiger partial charge in [-0.1, -0.05) is 12.5 Å². The van der Waals surface area contributed by atoms with Crippen LogP contribution in [-0.2, 0) is 6.54 Å².